The molecule has 2 nitrogen and oxygen atoms in total. The zero-order valence-electron chi connectivity index (χ0n) is 8.10. The predicted octanol–water partition coefficient (Wildman–Crippen LogP) is 1.78. The summed E-state index contributed by atoms with van der Waals surface area (Å²) in [5.74, 6) is 0. The molecule has 1 aromatic rings. The monoisotopic (exact) mass is 178 g/mol. The topological polar surface area (TPSA) is 41.8 Å². The molecule has 0 atom stereocenters. The van der Waals surface area contributed by atoms with E-state index in [1.165, 1.54) is 37.1 Å². The first-order chi connectivity index (χ1) is 6.40. The van der Waals surface area contributed by atoms with E-state index >= 15 is 0 Å². The van der Waals surface area contributed by atoms with E-state index in [-0.39, 0.29) is 0 Å². The Bertz CT molecular complexity index is 252. The van der Waals surface area contributed by atoms with Crippen molar-refractivity contribution in [1.29, 1.82) is 0 Å². The molecule has 1 aliphatic rings. The van der Waals surface area contributed by atoms with Crippen molar-refractivity contribution in [2.45, 2.75) is 38.5 Å². The Hall–Kier alpha value is -0.760. The number of fused-ring (bicyclic) bond motifs is 1. The van der Waals surface area contributed by atoms with Crippen molar-refractivity contribution >= 4 is 0 Å². The van der Waals surface area contributed by atoms with E-state index in [4.69, 9.17) is 5.73 Å². The number of nitrogens with two attached hydrogens (primary N) is 1. The van der Waals surface area contributed by atoms with Gasteiger partial charge < -0.3 is 10.7 Å². The van der Waals surface area contributed by atoms with Crippen LogP contribution < -0.4 is 5.73 Å². The lowest BCUT2D eigenvalue weighted by Crippen LogP contribution is -2.01. The molecule has 0 unspecified atom stereocenters. The van der Waals surface area contributed by atoms with E-state index in [9.17, 15) is 0 Å². The highest BCUT2D eigenvalue weighted by Gasteiger charge is 2.11. The summed E-state index contributed by atoms with van der Waals surface area (Å²) < 4.78 is 0. The first kappa shape index (κ1) is 8.82. The van der Waals surface area contributed by atoms with Gasteiger partial charge in [0.2, 0.25) is 0 Å². The van der Waals surface area contributed by atoms with E-state index in [2.05, 4.69) is 11.1 Å². The third-order valence-corrected chi connectivity index (χ3v) is 2.82. The van der Waals surface area contributed by atoms with E-state index < -0.39 is 0 Å². The maximum Gasteiger partial charge on any atom is 0.0181 e. The van der Waals surface area contributed by atoms with Gasteiger partial charge >= 0.3 is 0 Å². The van der Waals surface area contributed by atoms with Gasteiger partial charge in [0.1, 0.15) is 0 Å². The van der Waals surface area contributed by atoms with Gasteiger partial charge in [-0.25, -0.2) is 0 Å². The molecule has 0 aromatic carbocycles. The molecule has 0 amide bonds. The summed E-state index contributed by atoms with van der Waals surface area (Å²) >= 11 is 0. The fourth-order valence-corrected chi connectivity index (χ4v) is 2.10. The molecule has 0 saturated heterocycles. The summed E-state index contributed by atoms with van der Waals surface area (Å²) in [5, 5.41) is 0. The second kappa shape index (κ2) is 3.97. The number of hydrogen-bond donors (Lipinski definition) is 2. The minimum absolute atomic E-state index is 0.795. The number of aromatic nitrogens is 1. The van der Waals surface area contributed by atoms with Gasteiger partial charge in [-0.1, -0.05) is 0 Å². The van der Waals surface area contributed by atoms with Crippen LogP contribution in [-0.4, -0.2) is 11.5 Å². The molecule has 0 aliphatic heterocycles. The zero-order valence-corrected chi connectivity index (χ0v) is 8.10. The van der Waals surface area contributed by atoms with E-state index in [0.29, 0.717) is 0 Å². The van der Waals surface area contributed by atoms with Crippen molar-refractivity contribution in [1.82, 2.24) is 4.98 Å². The molecule has 1 heterocycles. The third-order valence-electron chi connectivity index (χ3n) is 2.82. The lowest BCUT2D eigenvalue weighted by Gasteiger charge is -2.09. The fraction of sp³-hybridized carbons (Fsp3) is 0.636. The molecule has 2 rings (SSSR count). The molecule has 0 radical (unpaired) electrons. The lowest BCUT2D eigenvalue weighted by molar-refractivity contribution is 0.676. The van der Waals surface area contributed by atoms with Gasteiger partial charge in [0, 0.05) is 11.4 Å². The van der Waals surface area contributed by atoms with Crippen LogP contribution >= 0.6 is 0 Å². The van der Waals surface area contributed by atoms with Crippen molar-refractivity contribution < 1.29 is 0 Å². The number of rotatable bonds is 3. The molecule has 1 aromatic heterocycles. The SMILES string of the molecule is NCCCc1cc2c([nH]1)CCCC2. The van der Waals surface area contributed by atoms with Gasteiger partial charge in [0.15, 0.2) is 0 Å². The summed E-state index contributed by atoms with van der Waals surface area (Å²) in [7, 11) is 0. The van der Waals surface area contributed by atoms with Crippen LogP contribution in [0.2, 0.25) is 0 Å². The number of hydrogen-bond acceptors (Lipinski definition) is 1. The van der Waals surface area contributed by atoms with Crippen LogP contribution in [0.3, 0.4) is 0 Å². The molecule has 3 N–H and O–H groups in total. The quantitative estimate of drug-likeness (QED) is 0.728. The molecular formula is C11H18N2. The first-order valence-electron chi connectivity index (χ1n) is 5.30. The molecule has 72 valence electrons. The molecule has 2 heteroatoms. The van der Waals surface area contributed by atoms with E-state index in [1.54, 1.807) is 5.56 Å². The highest BCUT2D eigenvalue weighted by Crippen LogP contribution is 2.21. The minimum Gasteiger partial charge on any atom is -0.362 e. The Labute approximate surface area is 79.5 Å². The number of H-pyrrole nitrogens is 1. The van der Waals surface area contributed by atoms with Crippen molar-refractivity contribution in [3.63, 3.8) is 0 Å². The Balaban J connectivity index is 2.07. The zero-order chi connectivity index (χ0) is 9.10. The Morgan fingerprint density at radius 3 is 2.92 bits per heavy atom. The fourth-order valence-electron chi connectivity index (χ4n) is 2.10. The summed E-state index contributed by atoms with van der Waals surface area (Å²) in [6.07, 6.45) is 7.44. The van der Waals surface area contributed by atoms with Gasteiger partial charge in [0.25, 0.3) is 0 Å². The molecular weight excluding hydrogens is 160 g/mol. The molecule has 1 aliphatic carbocycles. The second-order valence-electron chi connectivity index (χ2n) is 3.90. The van der Waals surface area contributed by atoms with Crippen LogP contribution in [0, 0.1) is 0 Å². The number of aryl methyl sites for hydroxylation is 3. The van der Waals surface area contributed by atoms with Crippen molar-refractivity contribution in [3.8, 4) is 0 Å². The van der Waals surface area contributed by atoms with E-state index in [0.717, 1.165) is 19.4 Å². The smallest absolute Gasteiger partial charge is 0.0181 e. The molecule has 0 fully saturated rings. The first-order valence-corrected chi connectivity index (χ1v) is 5.30. The maximum absolute atomic E-state index is 5.48. The van der Waals surface area contributed by atoms with Gasteiger partial charge in [-0.15, -0.1) is 0 Å². The standard InChI is InChI=1S/C11H18N2/c12-7-3-5-10-8-9-4-1-2-6-11(9)13-10/h8,13H,1-7,12H2. The average molecular weight is 178 g/mol. The van der Waals surface area contributed by atoms with Gasteiger partial charge in [-0.2, -0.15) is 0 Å². The summed E-state index contributed by atoms with van der Waals surface area (Å²) in [6.45, 7) is 0.795. The third kappa shape index (κ3) is 1.94. The number of aromatic amines is 1. The van der Waals surface area contributed by atoms with Gasteiger partial charge in [-0.3, -0.25) is 0 Å². The lowest BCUT2D eigenvalue weighted by atomic mass is 9.98. The Kier molecular flexibility index (Phi) is 2.69. The summed E-state index contributed by atoms with van der Waals surface area (Å²) in [4.78, 5) is 3.51. The summed E-state index contributed by atoms with van der Waals surface area (Å²) in [5.41, 5.74) is 9.91. The van der Waals surface area contributed by atoms with Crippen molar-refractivity contribution in [2.24, 2.45) is 5.73 Å². The normalized spacial score (nSPS) is 15.8. The highest BCUT2D eigenvalue weighted by molar-refractivity contribution is 5.28. The van der Waals surface area contributed by atoms with Crippen LogP contribution in [0.15, 0.2) is 6.07 Å². The molecule has 0 bridgehead atoms. The Morgan fingerprint density at radius 1 is 1.31 bits per heavy atom. The minimum atomic E-state index is 0.795. The van der Waals surface area contributed by atoms with Crippen LogP contribution in [0.5, 0.6) is 0 Å². The van der Waals surface area contributed by atoms with Crippen LogP contribution in [-0.2, 0) is 19.3 Å². The largest absolute Gasteiger partial charge is 0.362 e. The van der Waals surface area contributed by atoms with Crippen LogP contribution in [0.1, 0.15) is 36.2 Å². The van der Waals surface area contributed by atoms with Crippen LogP contribution in [0.25, 0.3) is 0 Å². The molecule has 0 spiro atoms. The number of nitrogens with one attached hydrogen (secondary N) is 1. The van der Waals surface area contributed by atoms with Crippen molar-refractivity contribution in [2.75, 3.05) is 6.54 Å². The predicted molar refractivity (Wildman–Crippen MR) is 54.8 cm³/mol. The second-order valence-corrected chi connectivity index (χ2v) is 3.90. The maximum atomic E-state index is 5.48. The van der Waals surface area contributed by atoms with Gasteiger partial charge in [0.05, 0.1) is 0 Å². The molecule has 13 heavy (non-hydrogen) atoms. The Morgan fingerprint density at radius 2 is 2.15 bits per heavy atom. The van der Waals surface area contributed by atoms with Crippen LogP contribution in [0.4, 0.5) is 0 Å². The van der Waals surface area contributed by atoms with Crippen molar-refractivity contribution in [3.05, 3.63) is 23.0 Å². The highest BCUT2D eigenvalue weighted by atomic mass is 14.7. The molecule has 0 saturated carbocycles. The van der Waals surface area contributed by atoms with E-state index in [1.807, 2.05) is 0 Å². The average Bonchev–Trinajstić information content (AvgIpc) is 2.57. The van der Waals surface area contributed by atoms with Gasteiger partial charge in [-0.05, 0) is 56.7 Å². The summed E-state index contributed by atoms with van der Waals surface area (Å²) in [6, 6.07) is 2.34.